The fourth-order valence-corrected chi connectivity index (χ4v) is 7.50. The van der Waals surface area contributed by atoms with E-state index in [1.807, 2.05) is 74.5 Å². The first-order valence-corrected chi connectivity index (χ1v) is 14.4. The molecule has 4 aromatic rings. The highest BCUT2D eigenvalue weighted by Gasteiger charge is 2.52. The highest BCUT2D eigenvalue weighted by atomic mass is 16.6. The van der Waals surface area contributed by atoms with E-state index in [1.54, 1.807) is 0 Å². The van der Waals surface area contributed by atoms with Crippen molar-refractivity contribution in [3.05, 3.63) is 101 Å². The van der Waals surface area contributed by atoms with Gasteiger partial charge in [0.05, 0.1) is 5.56 Å². The molecule has 200 valence electrons. The molecule has 2 atom stereocenters. The minimum Gasteiger partial charge on any atom is -0.472 e. The highest BCUT2D eigenvalue weighted by molar-refractivity contribution is 6.08. The highest BCUT2D eigenvalue weighted by Crippen LogP contribution is 2.50. The summed E-state index contributed by atoms with van der Waals surface area (Å²) in [6.45, 7) is 6.20. The molecule has 2 unspecified atom stereocenters. The zero-order chi connectivity index (χ0) is 26.6. The van der Waals surface area contributed by atoms with Crippen LogP contribution in [0.3, 0.4) is 0 Å². The van der Waals surface area contributed by atoms with Gasteiger partial charge in [-0.3, -0.25) is 4.90 Å². The van der Waals surface area contributed by atoms with Crippen LogP contribution < -0.4 is 4.74 Å². The number of piperidine rings is 2. The number of carbonyl (C=O) groups excluding carboxylic acids is 1. The number of aromatic nitrogens is 1. The monoisotopic (exact) mass is 520 g/mol. The Balaban J connectivity index is 1.32. The van der Waals surface area contributed by atoms with E-state index >= 15 is 0 Å². The number of nitrogens with zero attached hydrogens (tertiary/aromatic N) is 1. The van der Waals surface area contributed by atoms with Crippen molar-refractivity contribution in [2.45, 2.75) is 63.7 Å². The summed E-state index contributed by atoms with van der Waals surface area (Å²) in [5.41, 5.74) is 4.32. The Kier molecular flexibility index (Phi) is 5.82. The van der Waals surface area contributed by atoms with Crippen molar-refractivity contribution in [2.24, 2.45) is 5.92 Å². The van der Waals surface area contributed by atoms with Crippen LogP contribution in [0.15, 0.2) is 72.8 Å². The molecule has 2 fully saturated rings. The summed E-state index contributed by atoms with van der Waals surface area (Å²) in [7, 11) is 0. The summed E-state index contributed by atoms with van der Waals surface area (Å²) in [5.74, 6) is 1.04. The zero-order valence-electron chi connectivity index (χ0n) is 22.8. The summed E-state index contributed by atoms with van der Waals surface area (Å²) in [5, 5.41) is 0.959. The summed E-state index contributed by atoms with van der Waals surface area (Å²) in [4.78, 5) is 20.3. The van der Waals surface area contributed by atoms with Gasteiger partial charge in [-0.05, 0) is 69.2 Å². The number of rotatable bonds is 4. The van der Waals surface area contributed by atoms with E-state index in [0.717, 1.165) is 71.4 Å². The molecule has 0 amide bonds. The van der Waals surface area contributed by atoms with Crippen LogP contribution >= 0.6 is 0 Å². The van der Waals surface area contributed by atoms with Crippen LogP contribution in [-0.2, 0) is 16.8 Å². The molecule has 7 rings (SSSR count). The number of fused-ring (bicyclic) bond motifs is 3. The van der Waals surface area contributed by atoms with Gasteiger partial charge in [0.2, 0.25) is 0 Å². The second-order valence-electron chi connectivity index (χ2n) is 11.7. The predicted octanol–water partition coefficient (Wildman–Crippen LogP) is 7.12. The largest absolute Gasteiger partial charge is 0.472 e. The van der Waals surface area contributed by atoms with Gasteiger partial charge < -0.3 is 14.5 Å². The maximum Gasteiger partial charge on any atom is 0.341 e. The van der Waals surface area contributed by atoms with Crippen molar-refractivity contribution in [2.75, 3.05) is 13.1 Å². The minimum atomic E-state index is -0.934. The van der Waals surface area contributed by atoms with Crippen molar-refractivity contribution in [3.8, 4) is 5.75 Å². The number of aromatic amines is 1. The van der Waals surface area contributed by atoms with Crippen LogP contribution in [0.2, 0.25) is 0 Å². The number of hydrogen-bond acceptors (Lipinski definition) is 4. The lowest BCUT2D eigenvalue weighted by molar-refractivity contribution is -0.177. The third-order valence-electron chi connectivity index (χ3n) is 9.47. The number of esters is 1. The van der Waals surface area contributed by atoms with Crippen molar-refractivity contribution < 1.29 is 14.3 Å². The van der Waals surface area contributed by atoms with Crippen LogP contribution in [0.1, 0.15) is 71.8 Å². The van der Waals surface area contributed by atoms with Gasteiger partial charge in [0.15, 0.2) is 11.3 Å². The molecule has 3 aliphatic rings. The van der Waals surface area contributed by atoms with E-state index in [-0.39, 0.29) is 11.7 Å². The summed E-state index contributed by atoms with van der Waals surface area (Å²) in [6, 6.07) is 24.2. The molecule has 1 spiro atoms. The Morgan fingerprint density at radius 2 is 1.67 bits per heavy atom. The second kappa shape index (κ2) is 9.27. The average molecular weight is 521 g/mol. The molecule has 5 nitrogen and oxygen atoms in total. The van der Waals surface area contributed by atoms with Gasteiger partial charge in [-0.15, -0.1) is 0 Å². The van der Waals surface area contributed by atoms with E-state index < -0.39 is 5.60 Å². The number of hydrogen-bond donors (Lipinski definition) is 1. The molecular formula is C34H36N2O3. The molecular weight excluding hydrogens is 484 g/mol. The number of ether oxygens (including phenoxy) is 2. The third kappa shape index (κ3) is 3.81. The topological polar surface area (TPSA) is 54.6 Å². The van der Waals surface area contributed by atoms with Crippen LogP contribution in [0, 0.1) is 12.8 Å². The lowest BCUT2D eigenvalue weighted by atomic mass is 9.74. The van der Waals surface area contributed by atoms with E-state index in [1.165, 1.54) is 19.3 Å². The lowest BCUT2D eigenvalue weighted by Gasteiger charge is -2.56. The first kappa shape index (κ1) is 24.5. The fraction of sp³-hybridized carbons (Fsp3) is 0.382. The van der Waals surface area contributed by atoms with E-state index in [9.17, 15) is 4.79 Å². The fourth-order valence-electron chi connectivity index (χ4n) is 7.50. The third-order valence-corrected chi connectivity index (χ3v) is 9.47. The van der Waals surface area contributed by atoms with Crippen molar-refractivity contribution >= 4 is 16.9 Å². The van der Waals surface area contributed by atoms with Gasteiger partial charge >= 0.3 is 5.97 Å². The summed E-state index contributed by atoms with van der Waals surface area (Å²) >= 11 is 0. The van der Waals surface area contributed by atoms with Gasteiger partial charge in [-0.1, -0.05) is 60.7 Å². The minimum absolute atomic E-state index is 0.192. The second-order valence-corrected chi connectivity index (χ2v) is 11.7. The SMILES string of the molecule is Cc1[nH]c2ccc3c(c2c1C(=O)OC(C)(c1ccccc1)c1ccccc1)CC1CCCN2CCCCC12O3. The lowest BCUT2D eigenvalue weighted by Crippen LogP contribution is -2.64. The van der Waals surface area contributed by atoms with Gasteiger partial charge in [0, 0.05) is 47.6 Å². The van der Waals surface area contributed by atoms with Crippen LogP contribution in [0.25, 0.3) is 10.9 Å². The average Bonchev–Trinajstić information content (AvgIpc) is 3.32. The van der Waals surface area contributed by atoms with E-state index in [4.69, 9.17) is 9.47 Å². The Labute approximate surface area is 230 Å². The number of benzene rings is 3. The first-order chi connectivity index (χ1) is 19.0. The van der Waals surface area contributed by atoms with Crippen LogP contribution in [0.4, 0.5) is 0 Å². The number of nitrogens with one attached hydrogen (secondary N) is 1. The first-order valence-electron chi connectivity index (χ1n) is 14.4. The van der Waals surface area contributed by atoms with E-state index in [2.05, 4.69) is 22.0 Å². The molecule has 0 saturated carbocycles. The number of H-pyrrole nitrogens is 1. The molecule has 2 saturated heterocycles. The maximum absolute atomic E-state index is 14.2. The molecule has 5 heteroatoms. The Bertz CT molecular complexity index is 1490. The molecule has 0 bridgehead atoms. The van der Waals surface area contributed by atoms with Gasteiger partial charge in [-0.2, -0.15) is 0 Å². The quantitative estimate of drug-likeness (QED) is 0.291. The standard InChI is InChI=1S/C34H36N2O3/c1-23-30(32(37)39-33(2,24-12-5-3-6-13-24)25-14-7-4-8-15-25)31-27-22-26-16-11-21-36-20-10-9-19-34(26,36)38-29(27)18-17-28(31)35-23/h3-8,12-15,17-18,26,35H,9-11,16,19-22H2,1-2H3. The predicted molar refractivity (Wildman–Crippen MR) is 153 cm³/mol. The van der Waals surface area contributed by atoms with Crippen molar-refractivity contribution in [3.63, 3.8) is 0 Å². The zero-order valence-corrected chi connectivity index (χ0v) is 22.8. The maximum atomic E-state index is 14.2. The smallest absolute Gasteiger partial charge is 0.341 e. The summed E-state index contributed by atoms with van der Waals surface area (Å²) < 4.78 is 13.5. The molecule has 0 aliphatic carbocycles. The molecule has 1 N–H and O–H groups in total. The van der Waals surface area contributed by atoms with Gasteiger partial charge in [0.1, 0.15) is 5.75 Å². The Hall–Kier alpha value is -3.57. The van der Waals surface area contributed by atoms with E-state index in [0.29, 0.717) is 11.5 Å². The van der Waals surface area contributed by atoms with Crippen LogP contribution in [-0.4, -0.2) is 34.7 Å². The van der Waals surface area contributed by atoms with Crippen LogP contribution in [0.5, 0.6) is 5.75 Å². The van der Waals surface area contributed by atoms with Crippen molar-refractivity contribution in [1.82, 2.24) is 9.88 Å². The molecule has 3 aliphatic heterocycles. The normalized spacial score (nSPS) is 22.9. The van der Waals surface area contributed by atoms with Gasteiger partial charge in [0.25, 0.3) is 0 Å². The molecule has 4 heterocycles. The molecule has 3 aromatic carbocycles. The molecule has 39 heavy (non-hydrogen) atoms. The van der Waals surface area contributed by atoms with Gasteiger partial charge in [-0.25, -0.2) is 4.79 Å². The Morgan fingerprint density at radius 3 is 2.38 bits per heavy atom. The summed E-state index contributed by atoms with van der Waals surface area (Å²) in [6.07, 6.45) is 6.84. The number of carbonyl (C=O) groups is 1. The molecule has 1 aromatic heterocycles. The Morgan fingerprint density at radius 1 is 0.974 bits per heavy atom. The van der Waals surface area contributed by atoms with Crippen molar-refractivity contribution in [1.29, 1.82) is 0 Å². The number of aryl methyl sites for hydroxylation is 1. The molecule has 0 radical (unpaired) electrons.